The number of carboxylic acid groups (broad SMARTS) is 1. The zero-order valence-electron chi connectivity index (χ0n) is 14.6. The van der Waals surface area contributed by atoms with Crippen molar-refractivity contribution in [3.8, 4) is 0 Å². The number of carboxylic acids is 1. The summed E-state index contributed by atoms with van der Waals surface area (Å²) in [4.78, 5) is 23.5. The van der Waals surface area contributed by atoms with Crippen LogP contribution in [0.15, 0.2) is 18.2 Å². The van der Waals surface area contributed by atoms with Crippen LogP contribution in [0.1, 0.15) is 43.2 Å². The third-order valence-electron chi connectivity index (χ3n) is 4.09. The minimum atomic E-state index is -1.01. The highest BCUT2D eigenvalue weighted by Gasteiger charge is 2.20. The number of carbonyl (C=O) groups is 2. The molecule has 0 saturated carbocycles. The van der Waals surface area contributed by atoms with Crippen molar-refractivity contribution < 1.29 is 14.7 Å². The SMILES string of the molecule is Cc1cccc(NC(=O)C[C@@H](NCCCCCCN)C(=O)O)c1C. The molecule has 1 rings (SSSR count). The molecule has 0 aliphatic carbocycles. The maximum Gasteiger partial charge on any atom is 0.321 e. The van der Waals surface area contributed by atoms with E-state index in [9.17, 15) is 14.7 Å². The van der Waals surface area contributed by atoms with Crippen molar-refractivity contribution in [1.82, 2.24) is 5.32 Å². The number of unbranched alkanes of at least 4 members (excludes halogenated alkanes) is 3. The number of carbonyl (C=O) groups excluding carboxylic acids is 1. The van der Waals surface area contributed by atoms with Crippen molar-refractivity contribution in [2.75, 3.05) is 18.4 Å². The summed E-state index contributed by atoms with van der Waals surface area (Å²) in [5.41, 5.74) is 8.23. The van der Waals surface area contributed by atoms with Gasteiger partial charge in [0, 0.05) is 5.69 Å². The lowest BCUT2D eigenvalue weighted by Gasteiger charge is -2.15. The molecule has 6 heteroatoms. The van der Waals surface area contributed by atoms with Crippen LogP contribution in [-0.4, -0.2) is 36.1 Å². The van der Waals surface area contributed by atoms with Crippen molar-refractivity contribution in [3.63, 3.8) is 0 Å². The summed E-state index contributed by atoms with van der Waals surface area (Å²) in [5.74, 6) is -1.31. The van der Waals surface area contributed by atoms with Crippen molar-refractivity contribution in [1.29, 1.82) is 0 Å². The van der Waals surface area contributed by atoms with Crippen LogP contribution in [-0.2, 0) is 9.59 Å². The van der Waals surface area contributed by atoms with Gasteiger partial charge >= 0.3 is 5.97 Å². The fourth-order valence-corrected chi connectivity index (χ4v) is 2.42. The molecule has 0 heterocycles. The Morgan fingerprint density at radius 3 is 2.54 bits per heavy atom. The number of amides is 1. The lowest BCUT2D eigenvalue weighted by molar-refractivity contribution is -0.141. The van der Waals surface area contributed by atoms with Gasteiger partial charge in [-0.2, -0.15) is 0 Å². The van der Waals surface area contributed by atoms with E-state index in [1.54, 1.807) is 0 Å². The number of rotatable bonds is 11. The third kappa shape index (κ3) is 7.10. The number of benzene rings is 1. The van der Waals surface area contributed by atoms with E-state index in [1.165, 1.54) is 0 Å². The Hall–Kier alpha value is -1.92. The molecule has 0 saturated heterocycles. The van der Waals surface area contributed by atoms with Crippen LogP contribution in [0.2, 0.25) is 0 Å². The number of hydrogen-bond donors (Lipinski definition) is 4. The van der Waals surface area contributed by atoms with E-state index >= 15 is 0 Å². The normalized spacial score (nSPS) is 12.0. The first-order chi connectivity index (χ1) is 11.5. The smallest absolute Gasteiger partial charge is 0.321 e. The second-order valence-corrected chi connectivity index (χ2v) is 6.05. The predicted molar refractivity (Wildman–Crippen MR) is 96.1 cm³/mol. The molecule has 0 unspecified atom stereocenters. The molecule has 0 bridgehead atoms. The van der Waals surface area contributed by atoms with Gasteiger partial charge in [0.05, 0.1) is 6.42 Å². The van der Waals surface area contributed by atoms with Crippen LogP contribution in [0.5, 0.6) is 0 Å². The van der Waals surface area contributed by atoms with Crippen LogP contribution in [0.25, 0.3) is 0 Å². The fraction of sp³-hybridized carbons (Fsp3) is 0.556. The van der Waals surface area contributed by atoms with E-state index in [4.69, 9.17) is 5.73 Å². The lowest BCUT2D eigenvalue weighted by Crippen LogP contribution is -2.40. The molecule has 0 aliphatic rings. The number of hydrogen-bond acceptors (Lipinski definition) is 4. The number of nitrogens with two attached hydrogens (primary N) is 1. The van der Waals surface area contributed by atoms with Gasteiger partial charge in [-0.15, -0.1) is 0 Å². The summed E-state index contributed by atoms with van der Waals surface area (Å²) in [7, 11) is 0. The zero-order chi connectivity index (χ0) is 17.9. The quantitative estimate of drug-likeness (QED) is 0.464. The number of aryl methyl sites for hydroxylation is 1. The molecule has 5 N–H and O–H groups in total. The monoisotopic (exact) mass is 335 g/mol. The largest absolute Gasteiger partial charge is 0.480 e. The number of anilines is 1. The maximum atomic E-state index is 12.1. The van der Waals surface area contributed by atoms with E-state index < -0.39 is 12.0 Å². The summed E-state index contributed by atoms with van der Waals surface area (Å²) in [6, 6.07) is 4.79. The fourth-order valence-electron chi connectivity index (χ4n) is 2.42. The van der Waals surface area contributed by atoms with Crippen molar-refractivity contribution in [3.05, 3.63) is 29.3 Å². The van der Waals surface area contributed by atoms with Crippen LogP contribution >= 0.6 is 0 Å². The molecule has 0 fully saturated rings. The van der Waals surface area contributed by atoms with E-state index in [2.05, 4.69) is 10.6 Å². The standard InChI is InChI=1S/C18H29N3O3/c1-13-8-7-9-15(14(13)2)21-17(22)12-16(18(23)24)20-11-6-4-3-5-10-19/h7-9,16,20H,3-6,10-12,19H2,1-2H3,(H,21,22)(H,23,24)/t16-/m1/s1. The minimum absolute atomic E-state index is 0.0918. The zero-order valence-corrected chi connectivity index (χ0v) is 14.6. The Kier molecular flexibility index (Phi) is 9.04. The molecule has 0 aliphatic heterocycles. The van der Waals surface area contributed by atoms with Gasteiger partial charge in [-0.3, -0.25) is 9.59 Å². The number of aliphatic carboxylic acids is 1. The van der Waals surface area contributed by atoms with Gasteiger partial charge in [-0.05, 0) is 57.0 Å². The van der Waals surface area contributed by atoms with Gasteiger partial charge in [0.1, 0.15) is 6.04 Å². The molecule has 24 heavy (non-hydrogen) atoms. The molecule has 0 spiro atoms. The number of nitrogens with one attached hydrogen (secondary N) is 2. The second-order valence-electron chi connectivity index (χ2n) is 6.05. The highest BCUT2D eigenvalue weighted by molar-refractivity contribution is 5.94. The summed E-state index contributed by atoms with van der Waals surface area (Å²) < 4.78 is 0. The lowest BCUT2D eigenvalue weighted by atomic mass is 10.1. The highest BCUT2D eigenvalue weighted by atomic mass is 16.4. The molecule has 1 atom stereocenters. The molecule has 6 nitrogen and oxygen atoms in total. The van der Waals surface area contributed by atoms with E-state index in [-0.39, 0.29) is 12.3 Å². The van der Waals surface area contributed by atoms with Crippen molar-refractivity contribution >= 4 is 17.6 Å². The van der Waals surface area contributed by atoms with E-state index in [0.717, 1.165) is 42.5 Å². The molecule has 0 aromatic heterocycles. The summed E-state index contributed by atoms with van der Waals surface area (Å²) in [6.45, 7) is 5.17. The maximum absolute atomic E-state index is 12.1. The van der Waals surface area contributed by atoms with Crippen molar-refractivity contribution in [2.45, 2.75) is 52.0 Å². The van der Waals surface area contributed by atoms with Gasteiger partial charge in [0.15, 0.2) is 0 Å². The Bertz CT molecular complexity index is 546. The Morgan fingerprint density at radius 1 is 1.17 bits per heavy atom. The van der Waals surface area contributed by atoms with E-state index in [1.807, 2.05) is 32.0 Å². The van der Waals surface area contributed by atoms with Crippen LogP contribution in [0, 0.1) is 13.8 Å². The Labute approximate surface area is 143 Å². The first-order valence-electron chi connectivity index (χ1n) is 8.48. The predicted octanol–water partition coefficient (Wildman–Crippen LogP) is 2.19. The molecular weight excluding hydrogens is 306 g/mol. The van der Waals surface area contributed by atoms with Gasteiger partial charge in [0.25, 0.3) is 0 Å². The summed E-state index contributed by atoms with van der Waals surface area (Å²) >= 11 is 0. The van der Waals surface area contributed by atoms with E-state index in [0.29, 0.717) is 13.1 Å². The average molecular weight is 335 g/mol. The van der Waals surface area contributed by atoms with Crippen LogP contribution in [0.3, 0.4) is 0 Å². The van der Waals surface area contributed by atoms with Gasteiger partial charge in [-0.1, -0.05) is 25.0 Å². The third-order valence-corrected chi connectivity index (χ3v) is 4.09. The molecule has 134 valence electrons. The topological polar surface area (TPSA) is 104 Å². The van der Waals surface area contributed by atoms with Crippen molar-refractivity contribution in [2.24, 2.45) is 5.73 Å². The first-order valence-corrected chi connectivity index (χ1v) is 8.48. The van der Waals surface area contributed by atoms with Crippen LogP contribution < -0.4 is 16.4 Å². The Balaban J connectivity index is 2.45. The summed E-state index contributed by atoms with van der Waals surface area (Å²) in [6.07, 6.45) is 3.82. The summed E-state index contributed by atoms with van der Waals surface area (Å²) in [5, 5.41) is 15.0. The first kappa shape index (κ1) is 20.1. The van der Waals surface area contributed by atoms with Gasteiger partial charge < -0.3 is 21.5 Å². The van der Waals surface area contributed by atoms with Gasteiger partial charge in [-0.25, -0.2) is 0 Å². The Morgan fingerprint density at radius 2 is 1.88 bits per heavy atom. The molecule has 1 aromatic carbocycles. The molecule has 0 radical (unpaired) electrons. The molecular formula is C18H29N3O3. The minimum Gasteiger partial charge on any atom is -0.480 e. The van der Waals surface area contributed by atoms with Gasteiger partial charge in [0.2, 0.25) is 5.91 Å². The molecule has 1 aromatic rings. The van der Waals surface area contributed by atoms with Crippen LogP contribution in [0.4, 0.5) is 5.69 Å². The highest BCUT2D eigenvalue weighted by Crippen LogP contribution is 2.18. The second kappa shape index (κ2) is 10.8. The molecule has 1 amide bonds. The average Bonchev–Trinajstić information content (AvgIpc) is 2.53.